The molecule has 0 aromatic carbocycles. The number of hydrogen-bond donors (Lipinski definition) is 2. The summed E-state index contributed by atoms with van der Waals surface area (Å²) in [6.45, 7) is 3.17. The zero-order valence-electron chi connectivity index (χ0n) is 7.61. The Morgan fingerprint density at radius 2 is 2.23 bits per heavy atom. The van der Waals surface area contributed by atoms with Gasteiger partial charge in [-0.1, -0.05) is 17.9 Å². The molecular formula is C10H12O2S. The summed E-state index contributed by atoms with van der Waals surface area (Å²) in [5.74, 6) is 5.16. The summed E-state index contributed by atoms with van der Waals surface area (Å²) >= 11 is 1.45. The van der Waals surface area contributed by atoms with Crippen LogP contribution in [0.4, 0.5) is 0 Å². The summed E-state index contributed by atoms with van der Waals surface area (Å²) in [6.07, 6.45) is -0.786. The molecule has 1 atom stereocenters. The Kier molecular flexibility index (Phi) is 3.10. The van der Waals surface area contributed by atoms with Gasteiger partial charge in [0.05, 0.1) is 0 Å². The zero-order valence-corrected chi connectivity index (χ0v) is 8.43. The number of hydrogen-bond acceptors (Lipinski definition) is 3. The average molecular weight is 196 g/mol. The molecule has 1 rings (SSSR count). The van der Waals surface area contributed by atoms with Crippen LogP contribution >= 0.6 is 11.3 Å². The molecule has 0 saturated carbocycles. The van der Waals surface area contributed by atoms with E-state index in [4.69, 9.17) is 0 Å². The number of aliphatic hydroxyl groups excluding tert-OH is 1. The highest BCUT2D eigenvalue weighted by molar-refractivity contribution is 7.10. The van der Waals surface area contributed by atoms with Gasteiger partial charge in [-0.25, -0.2) is 0 Å². The van der Waals surface area contributed by atoms with Crippen molar-refractivity contribution in [2.24, 2.45) is 0 Å². The van der Waals surface area contributed by atoms with Crippen LogP contribution in [0.15, 0.2) is 17.5 Å². The SMILES string of the molecule is CC(C)(O)C#C[C@@H](O)c1cccs1. The molecule has 0 bridgehead atoms. The smallest absolute Gasteiger partial charge is 0.149 e. The topological polar surface area (TPSA) is 40.5 Å². The summed E-state index contributed by atoms with van der Waals surface area (Å²) in [5, 5.41) is 20.7. The third kappa shape index (κ3) is 3.60. The van der Waals surface area contributed by atoms with E-state index in [-0.39, 0.29) is 0 Å². The first-order chi connectivity index (χ1) is 5.99. The van der Waals surface area contributed by atoms with Gasteiger partial charge in [0.2, 0.25) is 0 Å². The molecule has 0 fully saturated rings. The fourth-order valence-electron chi connectivity index (χ4n) is 0.763. The molecule has 0 amide bonds. The maximum absolute atomic E-state index is 9.50. The van der Waals surface area contributed by atoms with Gasteiger partial charge in [0.1, 0.15) is 11.7 Å². The van der Waals surface area contributed by atoms with E-state index in [0.29, 0.717) is 0 Å². The molecule has 0 spiro atoms. The standard InChI is InChI=1S/C10H12O2S/c1-10(2,12)6-5-8(11)9-4-3-7-13-9/h3-4,7-8,11-12H,1-2H3/t8-/m1/s1. The fraction of sp³-hybridized carbons (Fsp3) is 0.400. The van der Waals surface area contributed by atoms with Crippen molar-refractivity contribution in [3.8, 4) is 11.8 Å². The Morgan fingerprint density at radius 1 is 1.54 bits per heavy atom. The van der Waals surface area contributed by atoms with Crippen molar-refractivity contribution in [3.63, 3.8) is 0 Å². The predicted molar refractivity (Wildman–Crippen MR) is 53.4 cm³/mol. The lowest BCUT2D eigenvalue weighted by molar-refractivity contribution is 0.142. The van der Waals surface area contributed by atoms with Crippen LogP contribution in [0, 0.1) is 11.8 Å². The van der Waals surface area contributed by atoms with Crippen molar-refractivity contribution in [3.05, 3.63) is 22.4 Å². The summed E-state index contributed by atoms with van der Waals surface area (Å²) in [4.78, 5) is 0.803. The molecule has 2 N–H and O–H groups in total. The molecule has 0 aliphatic heterocycles. The Hall–Kier alpha value is -0.820. The van der Waals surface area contributed by atoms with E-state index >= 15 is 0 Å². The van der Waals surface area contributed by atoms with E-state index in [2.05, 4.69) is 11.8 Å². The highest BCUT2D eigenvalue weighted by atomic mass is 32.1. The number of rotatable bonds is 1. The first-order valence-corrected chi connectivity index (χ1v) is 4.83. The van der Waals surface area contributed by atoms with E-state index in [0.717, 1.165) is 4.88 Å². The van der Waals surface area contributed by atoms with E-state index in [1.54, 1.807) is 13.8 Å². The monoisotopic (exact) mass is 196 g/mol. The first-order valence-electron chi connectivity index (χ1n) is 3.95. The zero-order chi connectivity index (χ0) is 9.90. The minimum Gasteiger partial charge on any atom is -0.378 e. The van der Waals surface area contributed by atoms with E-state index in [1.807, 2.05) is 17.5 Å². The third-order valence-electron chi connectivity index (χ3n) is 1.33. The summed E-state index contributed by atoms with van der Waals surface area (Å²) < 4.78 is 0. The van der Waals surface area contributed by atoms with Crippen LogP contribution in [0.3, 0.4) is 0 Å². The van der Waals surface area contributed by atoms with Crippen molar-refractivity contribution in [2.45, 2.75) is 25.6 Å². The Balaban J connectivity index is 2.69. The number of thiophene rings is 1. The van der Waals surface area contributed by atoms with Gasteiger partial charge in [-0.05, 0) is 25.3 Å². The van der Waals surface area contributed by atoms with E-state index in [9.17, 15) is 10.2 Å². The van der Waals surface area contributed by atoms with Crippen LogP contribution in [0.1, 0.15) is 24.8 Å². The molecule has 0 unspecified atom stereocenters. The van der Waals surface area contributed by atoms with E-state index in [1.165, 1.54) is 11.3 Å². The van der Waals surface area contributed by atoms with Gasteiger partial charge in [0.25, 0.3) is 0 Å². The second kappa shape index (κ2) is 3.93. The predicted octanol–water partition coefficient (Wildman–Crippen LogP) is 1.56. The molecule has 0 aliphatic rings. The summed E-state index contributed by atoms with van der Waals surface area (Å²) in [5.41, 5.74) is -1.04. The Bertz CT molecular complexity index is 311. The van der Waals surface area contributed by atoms with Gasteiger partial charge in [-0.3, -0.25) is 0 Å². The lowest BCUT2D eigenvalue weighted by atomic mass is 10.1. The average Bonchev–Trinajstić information content (AvgIpc) is 2.50. The minimum atomic E-state index is -1.04. The van der Waals surface area contributed by atoms with Crippen LogP contribution in [0.5, 0.6) is 0 Å². The van der Waals surface area contributed by atoms with Crippen LogP contribution < -0.4 is 0 Å². The van der Waals surface area contributed by atoms with Crippen molar-refractivity contribution < 1.29 is 10.2 Å². The second-order valence-electron chi connectivity index (χ2n) is 3.25. The van der Waals surface area contributed by atoms with Gasteiger partial charge in [-0.2, -0.15) is 0 Å². The van der Waals surface area contributed by atoms with Gasteiger partial charge in [-0.15, -0.1) is 11.3 Å². The molecule has 1 heterocycles. The normalized spacial score (nSPS) is 13.2. The molecule has 0 saturated heterocycles. The summed E-state index contributed by atoms with van der Waals surface area (Å²) in [6, 6.07) is 3.67. The fourth-order valence-corrected chi connectivity index (χ4v) is 1.42. The second-order valence-corrected chi connectivity index (χ2v) is 4.23. The lowest BCUT2D eigenvalue weighted by Crippen LogP contribution is -2.15. The molecule has 3 heteroatoms. The molecule has 2 nitrogen and oxygen atoms in total. The van der Waals surface area contributed by atoms with Crippen molar-refractivity contribution in [1.29, 1.82) is 0 Å². The van der Waals surface area contributed by atoms with Gasteiger partial charge in [0, 0.05) is 4.88 Å². The molecular weight excluding hydrogens is 184 g/mol. The van der Waals surface area contributed by atoms with Gasteiger partial charge < -0.3 is 10.2 Å². The number of aliphatic hydroxyl groups is 2. The molecule has 0 aliphatic carbocycles. The van der Waals surface area contributed by atoms with Crippen molar-refractivity contribution in [1.82, 2.24) is 0 Å². The minimum absolute atomic E-state index is 0.786. The first kappa shape index (κ1) is 10.3. The van der Waals surface area contributed by atoms with Crippen molar-refractivity contribution >= 4 is 11.3 Å². The third-order valence-corrected chi connectivity index (χ3v) is 2.25. The van der Waals surface area contributed by atoms with Crippen LogP contribution in [-0.4, -0.2) is 15.8 Å². The highest BCUT2D eigenvalue weighted by Gasteiger charge is 2.08. The van der Waals surface area contributed by atoms with Gasteiger partial charge in [0.15, 0.2) is 0 Å². The van der Waals surface area contributed by atoms with Gasteiger partial charge >= 0.3 is 0 Å². The molecule has 70 valence electrons. The molecule has 13 heavy (non-hydrogen) atoms. The molecule has 0 radical (unpaired) electrons. The molecule has 1 aromatic heterocycles. The maximum Gasteiger partial charge on any atom is 0.149 e. The Morgan fingerprint density at radius 3 is 2.69 bits per heavy atom. The van der Waals surface area contributed by atoms with E-state index < -0.39 is 11.7 Å². The quantitative estimate of drug-likeness (QED) is 0.669. The van der Waals surface area contributed by atoms with Crippen LogP contribution in [-0.2, 0) is 0 Å². The largest absolute Gasteiger partial charge is 0.378 e. The lowest BCUT2D eigenvalue weighted by Gasteiger charge is -2.07. The Labute approximate surface area is 81.8 Å². The maximum atomic E-state index is 9.50. The highest BCUT2D eigenvalue weighted by Crippen LogP contribution is 2.17. The molecule has 1 aromatic rings. The summed E-state index contributed by atoms with van der Waals surface area (Å²) in [7, 11) is 0. The van der Waals surface area contributed by atoms with Crippen LogP contribution in [0.2, 0.25) is 0 Å². The van der Waals surface area contributed by atoms with Crippen molar-refractivity contribution in [2.75, 3.05) is 0 Å². The van der Waals surface area contributed by atoms with Crippen LogP contribution in [0.25, 0.3) is 0 Å².